The van der Waals surface area contributed by atoms with Gasteiger partial charge in [-0.05, 0) is 13.5 Å². The van der Waals surface area contributed by atoms with Crippen LogP contribution >= 0.6 is 0 Å². The molecule has 40 valence electrons. The first-order chi connectivity index (χ1) is 3.35. The Balaban J connectivity index is 3.23. The van der Waals surface area contributed by atoms with Gasteiger partial charge in [-0.3, -0.25) is 0 Å². The van der Waals surface area contributed by atoms with Gasteiger partial charge in [0, 0.05) is 0 Å². The fraction of sp³-hybridized carbons (Fsp3) is 0.800. The Bertz CT molecular complexity index is 68.6. The van der Waals surface area contributed by atoms with Crippen LogP contribution in [0, 0.1) is 11.3 Å². The lowest BCUT2D eigenvalue weighted by atomic mass is 10.3. The molecule has 0 spiro atoms. The van der Waals surface area contributed by atoms with E-state index in [-0.39, 0.29) is 6.04 Å². The van der Waals surface area contributed by atoms with Gasteiger partial charge in [0.05, 0.1) is 12.1 Å². The van der Waals surface area contributed by atoms with E-state index in [9.17, 15) is 0 Å². The summed E-state index contributed by atoms with van der Waals surface area (Å²) in [6, 6.07) is 2.13. The molecule has 0 bridgehead atoms. The molecule has 2 nitrogen and oxygen atoms in total. The molecular weight excluding hydrogens is 88.1 g/mol. The Morgan fingerprint density at radius 1 is 1.86 bits per heavy atom. The molecule has 7 heavy (non-hydrogen) atoms. The lowest BCUT2D eigenvalue weighted by molar-refractivity contribution is 0.659. The maximum atomic E-state index is 8.21. The first kappa shape index (κ1) is 6.45. The molecule has 0 aliphatic heterocycles. The van der Waals surface area contributed by atoms with Crippen LogP contribution in [0.4, 0.5) is 0 Å². The van der Waals surface area contributed by atoms with Gasteiger partial charge >= 0.3 is 0 Å². The zero-order valence-electron chi connectivity index (χ0n) is 4.73. The van der Waals surface area contributed by atoms with Crippen molar-refractivity contribution in [1.82, 2.24) is 5.32 Å². The average molecular weight is 98.1 g/mol. The largest absolute Gasteiger partial charge is 0.305 e. The van der Waals surface area contributed by atoms with E-state index in [1.54, 1.807) is 7.05 Å². The molecule has 0 aliphatic carbocycles. The number of nitrogens with zero attached hydrogens (tertiary/aromatic N) is 1. The highest BCUT2D eigenvalue weighted by atomic mass is 14.9. The monoisotopic (exact) mass is 98.1 g/mol. The summed E-state index contributed by atoms with van der Waals surface area (Å²) < 4.78 is 0. The van der Waals surface area contributed by atoms with Crippen molar-refractivity contribution in [3.63, 3.8) is 0 Å². The molecule has 0 rings (SSSR count). The maximum absolute atomic E-state index is 8.21. The summed E-state index contributed by atoms with van der Waals surface area (Å²) in [6.07, 6.45) is 0.882. The van der Waals surface area contributed by atoms with Gasteiger partial charge in [-0.25, -0.2) is 0 Å². The van der Waals surface area contributed by atoms with E-state index in [1.165, 1.54) is 0 Å². The first-order valence-electron chi connectivity index (χ1n) is 2.42. The van der Waals surface area contributed by atoms with Gasteiger partial charge in [-0.2, -0.15) is 5.26 Å². The Labute approximate surface area is 44.1 Å². The van der Waals surface area contributed by atoms with Crippen molar-refractivity contribution in [3.8, 4) is 6.07 Å². The number of nitrogens with one attached hydrogen (secondary N) is 1. The van der Waals surface area contributed by atoms with E-state index in [4.69, 9.17) is 5.26 Å². The predicted octanol–water partition coefficient (Wildman–Crippen LogP) is 0.508. The van der Waals surface area contributed by atoms with Crippen molar-refractivity contribution in [2.45, 2.75) is 19.4 Å². The summed E-state index contributed by atoms with van der Waals surface area (Å²) in [5.41, 5.74) is 0. The smallest absolute Gasteiger partial charge is 0.0947 e. The Kier molecular flexibility index (Phi) is 3.35. The number of hydrogen-bond acceptors (Lipinski definition) is 2. The molecule has 1 atom stereocenters. The second-order valence-electron chi connectivity index (χ2n) is 1.38. The van der Waals surface area contributed by atoms with Crippen LogP contribution in [-0.2, 0) is 0 Å². The normalized spacial score (nSPS) is 12.7. The summed E-state index contributed by atoms with van der Waals surface area (Å²) in [5, 5.41) is 11.1. The number of hydrogen-bond donors (Lipinski definition) is 1. The van der Waals surface area contributed by atoms with Gasteiger partial charge in [-0.1, -0.05) is 6.92 Å². The van der Waals surface area contributed by atoms with Crippen molar-refractivity contribution in [2.24, 2.45) is 0 Å². The van der Waals surface area contributed by atoms with Gasteiger partial charge in [0.2, 0.25) is 0 Å². The molecule has 0 aromatic carbocycles. The Morgan fingerprint density at radius 2 is 2.43 bits per heavy atom. The molecule has 0 aromatic rings. The van der Waals surface area contributed by atoms with Crippen LogP contribution in [0.5, 0.6) is 0 Å². The minimum Gasteiger partial charge on any atom is -0.305 e. The van der Waals surface area contributed by atoms with E-state index in [0.29, 0.717) is 0 Å². The van der Waals surface area contributed by atoms with E-state index in [1.807, 2.05) is 6.92 Å². The SMILES string of the molecule is CC[C@H](C#N)NC. The van der Waals surface area contributed by atoms with E-state index >= 15 is 0 Å². The topological polar surface area (TPSA) is 35.8 Å². The van der Waals surface area contributed by atoms with Crippen LogP contribution in [0.1, 0.15) is 13.3 Å². The summed E-state index contributed by atoms with van der Waals surface area (Å²) in [5.74, 6) is 0. The van der Waals surface area contributed by atoms with Gasteiger partial charge in [-0.15, -0.1) is 0 Å². The van der Waals surface area contributed by atoms with Gasteiger partial charge in [0.1, 0.15) is 0 Å². The molecule has 0 fully saturated rings. The van der Waals surface area contributed by atoms with Crippen molar-refractivity contribution in [1.29, 1.82) is 5.26 Å². The third kappa shape index (κ3) is 2.18. The molecule has 0 aliphatic rings. The number of nitriles is 1. The van der Waals surface area contributed by atoms with Crippen LogP contribution in [0.3, 0.4) is 0 Å². The summed E-state index contributed by atoms with van der Waals surface area (Å²) in [7, 11) is 1.79. The minimum atomic E-state index is 0.0417. The molecule has 0 aromatic heterocycles. The van der Waals surface area contributed by atoms with Crippen molar-refractivity contribution in [3.05, 3.63) is 0 Å². The van der Waals surface area contributed by atoms with Crippen LogP contribution in [-0.4, -0.2) is 13.1 Å². The molecule has 0 saturated carbocycles. The second-order valence-corrected chi connectivity index (χ2v) is 1.38. The molecule has 0 unspecified atom stereocenters. The minimum absolute atomic E-state index is 0.0417. The van der Waals surface area contributed by atoms with Crippen LogP contribution in [0.2, 0.25) is 0 Å². The highest BCUT2D eigenvalue weighted by Crippen LogP contribution is 1.82. The molecule has 0 heterocycles. The predicted molar refractivity (Wildman–Crippen MR) is 28.8 cm³/mol. The van der Waals surface area contributed by atoms with Crippen LogP contribution in [0.25, 0.3) is 0 Å². The third-order valence-electron chi connectivity index (χ3n) is 0.913. The third-order valence-corrected chi connectivity index (χ3v) is 0.913. The van der Waals surface area contributed by atoms with E-state index < -0.39 is 0 Å². The van der Waals surface area contributed by atoms with Gasteiger partial charge in [0.15, 0.2) is 0 Å². The Morgan fingerprint density at radius 3 is 2.43 bits per heavy atom. The molecular formula is C5H10N2. The van der Waals surface area contributed by atoms with Crippen molar-refractivity contribution < 1.29 is 0 Å². The molecule has 0 saturated heterocycles. The summed E-state index contributed by atoms with van der Waals surface area (Å²) >= 11 is 0. The van der Waals surface area contributed by atoms with E-state index in [0.717, 1.165) is 6.42 Å². The molecule has 0 radical (unpaired) electrons. The Hall–Kier alpha value is -0.550. The molecule has 0 amide bonds. The summed E-state index contributed by atoms with van der Waals surface area (Å²) in [6.45, 7) is 1.98. The first-order valence-corrected chi connectivity index (χ1v) is 2.42. The van der Waals surface area contributed by atoms with Gasteiger partial charge in [0.25, 0.3) is 0 Å². The van der Waals surface area contributed by atoms with Crippen LogP contribution in [0.15, 0.2) is 0 Å². The van der Waals surface area contributed by atoms with E-state index in [2.05, 4.69) is 11.4 Å². The highest BCUT2D eigenvalue weighted by molar-refractivity contribution is 4.86. The van der Waals surface area contributed by atoms with Crippen molar-refractivity contribution in [2.75, 3.05) is 7.05 Å². The quantitative estimate of drug-likeness (QED) is 0.546. The fourth-order valence-electron chi connectivity index (χ4n) is 0.360. The van der Waals surface area contributed by atoms with Crippen molar-refractivity contribution >= 4 is 0 Å². The number of rotatable bonds is 2. The maximum Gasteiger partial charge on any atom is 0.0947 e. The van der Waals surface area contributed by atoms with Gasteiger partial charge < -0.3 is 5.32 Å². The lowest BCUT2D eigenvalue weighted by Crippen LogP contribution is -2.21. The highest BCUT2D eigenvalue weighted by Gasteiger charge is 1.94. The standard InChI is InChI=1S/C5H10N2/c1-3-5(4-6)7-2/h5,7H,3H2,1-2H3/t5-/m1/s1. The summed E-state index contributed by atoms with van der Waals surface area (Å²) in [4.78, 5) is 0. The lowest BCUT2D eigenvalue weighted by Gasteiger charge is -1.98. The zero-order chi connectivity index (χ0) is 5.70. The molecule has 2 heteroatoms. The average Bonchev–Trinajstić information content (AvgIpc) is 1.72. The fourth-order valence-corrected chi connectivity index (χ4v) is 0.360. The second kappa shape index (κ2) is 3.63. The zero-order valence-corrected chi connectivity index (χ0v) is 4.73. The molecule has 1 N–H and O–H groups in total. The van der Waals surface area contributed by atoms with Crippen LogP contribution < -0.4 is 5.32 Å².